The van der Waals surface area contributed by atoms with E-state index in [9.17, 15) is 9.59 Å². The van der Waals surface area contributed by atoms with Gasteiger partial charge < -0.3 is 4.98 Å². The third-order valence-corrected chi connectivity index (χ3v) is 2.23. The molecule has 0 unspecified atom stereocenters. The van der Waals surface area contributed by atoms with Gasteiger partial charge in [-0.15, -0.1) is 0 Å². The monoisotopic (exact) mass is 198 g/mol. The summed E-state index contributed by atoms with van der Waals surface area (Å²) in [6.07, 6.45) is 1.21. The second-order valence-electron chi connectivity index (χ2n) is 3.06. The van der Waals surface area contributed by atoms with Crippen LogP contribution in [0, 0.1) is 11.3 Å². The van der Waals surface area contributed by atoms with Crippen molar-refractivity contribution in [2.75, 3.05) is 0 Å². The number of rotatable bonds is 2. The van der Waals surface area contributed by atoms with Gasteiger partial charge in [-0.2, -0.15) is 5.26 Å². The lowest BCUT2D eigenvalue weighted by Crippen LogP contribution is -1.85. The Balaban J connectivity index is 2.85. The maximum Gasteiger partial charge on any atom is 0.167 e. The molecule has 1 aromatic carbocycles. The summed E-state index contributed by atoms with van der Waals surface area (Å²) in [5.41, 5.74) is 1.69. The van der Waals surface area contributed by atoms with E-state index in [0.29, 0.717) is 34.6 Å². The fraction of sp³-hybridized carbons (Fsp3) is 0. The molecule has 1 N–H and O–H groups in total. The predicted octanol–water partition coefficient (Wildman–Crippen LogP) is 1.66. The van der Waals surface area contributed by atoms with Gasteiger partial charge in [0.1, 0.15) is 0 Å². The lowest BCUT2D eigenvalue weighted by Gasteiger charge is -1.90. The van der Waals surface area contributed by atoms with Gasteiger partial charge in [0.2, 0.25) is 0 Å². The van der Waals surface area contributed by atoms with Crippen LogP contribution in [0.1, 0.15) is 26.4 Å². The van der Waals surface area contributed by atoms with Crippen LogP contribution in [-0.2, 0) is 0 Å². The molecule has 0 fully saturated rings. The van der Waals surface area contributed by atoms with Crippen molar-refractivity contribution in [1.29, 1.82) is 5.26 Å². The normalized spacial score (nSPS) is 9.80. The number of nitriles is 1. The molecule has 0 saturated carbocycles. The summed E-state index contributed by atoms with van der Waals surface area (Å²) < 4.78 is 0. The first-order valence-electron chi connectivity index (χ1n) is 4.26. The number of nitrogens with one attached hydrogen (secondary N) is 1. The fourth-order valence-corrected chi connectivity index (χ4v) is 1.52. The van der Waals surface area contributed by atoms with Gasteiger partial charge in [-0.3, -0.25) is 9.59 Å². The van der Waals surface area contributed by atoms with E-state index in [1.165, 1.54) is 0 Å². The molecule has 4 nitrogen and oxygen atoms in total. The van der Waals surface area contributed by atoms with E-state index in [1.807, 2.05) is 6.07 Å². The number of hydrogen-bond donors (Lipinski definition) is 1. The van der Waals surface area contributed by atoms with Crippen LogP contribution >= 0.6 is 0 Å². The predicted molar refractivity (Wildman–Crippen MR) is 53.8 cm³/mol. The molecule has 15 heavy (non-hydrogen) atoms. The van der Waals surface area contributed by atoms with Gasteiger partial charge in [0, 0.05) is 10.9 Å². The van der Waals surface area contributed by atoms with Crippen molar-refractivity contribution in [2.45, 2.75) is 0 Å². The summed E-state index contributed by atoms with van der Waals surface area (Å²) in [6.45, 7) is 0. The van der Waals surface area contributed by atoms with Crippen LogP contribution in [0.25, 0.3) is 10.9 Å². The van der Waals surface area contributed by atoms with Crippen molar-refractivity contribution in [3.63, 3.8) is 0 Å². The van der Waals surface area contributed by atoms with Crippen LogP contribution in [0.3, 0.4) is 0 Å². The number of carbonyl (C=O) groups excluding carboxylic acids is 2. The molecule has 0 bridgehead atoms. The Labute approximate surface area is 85.1 Å². The number of aromatic amines is 1. The number of aldehydes is 2. The van der Waals surface area contributed by atoms with Crippen LogP contribution < -0.4 is 0 Å². The van der Waals surface area contributed by atoms with Gasteiger partial charge in [-0.05, 0) is 18.2 Å². The van der Waals surface area contributed by atoms with Gasteiger partial charge >= 0.3 is 0 Å². The van der Waals surface area contributed by atoms with Crippen molar-refractivity contribution in [1.82, 2.24) is 4.98 Å². The van der Waals surface area contributed by atoms with E-state index in [-0.39, 0.29) is 5.69 Å². The summed E-state index contributed by atoms with van der Waals surface area (Å²) in [5.74, 6) is 0. The van der Waals surface area contributed by atoms with Gasteiger partial charge in [0.05, 0.1) is 22.9 Å². The number of hydrogen-bond acceptors (Lipinski definition) is 3. The van der Waals surface area contributed by atoms with Gasteiger partial charge in [-0.1, -0.05) is 0 Å². The highest BCUT2D eigenvalue weighted by atomic mass is 16.1. The second-order valence-corrected chi connectivity index (χ2v) is 3.06. The summed E-state index contributed by atoms with van der Waals surface area (Å²) in [5, 5.41) is 9.31. The average molecular weight is 198 g/mol. The Kier molecular flexibility index (Phi) is 2.07. The highest BCUT2D eigenvalue weighted by molar-refractivity contribution is 6.04. The zero-order valence-corrected chi connectivity index (χ0v) is 7.65. The summed E-state index contributed by atoms with van der Waals surface area (Å²) >= 11 is 0. The molecular formula is C11H6N2O2. The smallest absolute Gasteiger partial charge is 0.167 e. The maximum absolute atomic E-state index is 10.8. The van der Waals surface area contributed by atoms with Crippen LogP contribution in [0.2, 0.25) is 0 Å². The average Bonchev–Trinajstić information content (AvgIpc) is 2.65. The highest BCUT2D eigenvalue weighted by Gasteiger charge is 2.10. The standard InChI is InChI=1S/C11H6N2O2/c12-4-7-1-2-10-8(3-7)9(5-14)11(6-15)13-10/h1-3,5-6,13H. The number of nitrogens with zero attached hydrogens (tertiary/aromatic N) is 1. The highest BCUT2D eigenvalue weighted by Crippen LogP contribution is 2.21. The molecule has 2 rings (SSSR count). The quantitative estimate of drug-likeness (QED) is 0.746. The van der Waals surface area contributed by atoms with E-state index >= 15 is 0 Å². The molecule has 0 saturated heterocycles. The van der Waals surface area contributed by atoms with Crippen molar-refractivity contribution in [3.8, 4) is 6.07 Å². The summed E-state index contributed by atoms with van der Waals surface area (Å²) in [6, 6.07) is 6.87. The first-order valence-corrected chi connectivity index (χ1v) is 4.26. The first-order chi connectivity index (χ1) is 7.30. The molecule has 0 aliphatic carbocycles. The minimum absolute atomic E-state index is 0.245. The lowest BCUT2D eigenvalue weighted by atomic mass is 10.1. The van der Waals surface area contributed by atoms with Gasteiger partial charge in [0.25, 0.3) is 0 Å². The van der Waals surface area contributed by atoms with E-state index < -0.39 is 0 Å². The largest absolute Gasteiger partial charge is 0.352 e. The van der Waals surface area contributed by atoms with Crippen molar-refractivity contribution in [3.05, 3.63) is 35.0 Å². The molecule has 2 aromatic rings. The van der Waals surface area contributed by atoms with E-state index in [1.54, 1.807) is 18.2 Å². The second kappa shape index (κ2) is 3.39. The van der Waals surface area contributed by atoms with Crippen LogP contribution in [0.15, 0.2) is 18.2 Å². The molecule has 1 aromatic heterocycles. The minimum Gasteiger partial charge on any atom is -0.352 e. The fourth-order valence-electron chi connectivity index (χ4n) is 1.52. The molecular weight excluding hydrogens is 192 g/mol. The molecule has 4 heteroatoms. The van der Waals surface area contributed by atoms with Crippen molar-refractivity contribution < 1.29 is 9.59 Å². The third-order valence-electron chi connectivity index (χ3n) is 2.23. The van der Waals surface area contributed by atoms with Crippen molar-refractivity contribution >= 4 is 23.5 Å². The Morgan fingerprint density at radius 1 is 1.27 bits per heavy atom. The third kappa shape index (κ3) is 1.30. The number of fused-ring (bicyclic) bond motifs is 1. The molecule has 0 radical (unpaired) electrons. The van der Waals surface area contributed by atoms with Crippen LogP contribution in [0.5, 0.6) is 0 Å². The molecule has 72 valence electrons. The Morgan fingerprint density at radius 3 is 2.67 bits per heavy atom. The topological polar surface area (TPSA) is 73.7 Å². The molecule has 0 aliphatic rings. The summed E-state index contributed by atoms with van der Waals surface area (Å²) in [4.78, 5) is 24.3. The molecule has 0 atom stereocenters. The van der Waals surface area contributed by atoms with E-state index in [0.717, 1.165) is 0 Å². The Morgan fingerprint density at radius 2 is 2.07 bits per heavy atom. The van der Waals surface area contributed by atoms with Gasteiger partial charge in [-0.25, -0.2) is 0 Å². The number of benzene rings is 1. The summed E-state index contributed by atoms with van der Waals surface area (Å²) in [7, 11) is 0. The number of carbonyl (C=O) groups is 2. The molecule has 0 amide bonds. The lowest BCUT2D eigenvalue weighted by molar-refractivity contribution is 0.109. The zero-order valence-electron chi connectivity index (χ0n) is 7.65. The van der Waals surface area contributed by atoms with Crippen LogP contribution in [0.4, 0.5) is 0 Å². The Bertz CT molecular complexity index is 590. The Hall–Kier alpha value is -2.41. The maximum atomic E-state index is 10.8. The minimum atomic E-state index is 0.245. The zero-order chi connectivity index (χ0) is 10.8. The molecule has 0 spiro atoms. The van der Waals surface area contributed by atoms with E-state index in [4.69, 9.17) is 5.26 Å². The molecule has 0 aliphatic heterocycles. The van der Waals surface area contributed by atoms with Crippen molar-refractivity contribution in [2.24, 2.45) is 0 Å². The molecule has 1 heterocycles. The van der Waals surface area contributed by atoms with Crippen LogP contribution in [-0.4, -0.2) is 17.6 Å². The van der Waals surface area contributed by atoms with E-state index in [2.05, 4.69) is 4.98 Å². The SMILES string of the molecule is N#Cc1ccc2[nH]c(C=O)c(C=O)c2c1. The first kappa shape index (κ1) is 9.16. The van der Waals surface area contributed by atoms with Gasteiger partial charge in [0.15, 0.2) is 12.6 Å². The number of aromatic nitrogens is 1. The number of H-pyrrole nitrogens is 1.